The zero-order chi connectivity index (χ0) is 26.6. The molecule has 1 saturated heterocycles. The predicted octanol–water partition coefficient (Wildman–Crippen LogP) is 5.86. The van der Waals surface area contributed by atoms with E-state index in [9.17, 15) is 9.59 Å². The third-order valence-electron chi connectivity index (χ3n) is 7.42. The van der Waals surface area contributed by atoms with Crippen LogP contribution in [0.1, 0.15) is 53.9 Å². The molecule has 0 radical (unpaired) electrons. The van der Waals surface area contributed by atoms with Crippen molar-refractivity contribution in [1.29, 1.82) is 0 Å². The standard InChI is InChI=1S/C31H35N3O4/c1-33(2)25-10-6-8-22(16-25)31(36)32-24-9-7-11-26(19-24)34-20-23(18-30(34)35)21-14-15-28(37-3)29(17-21)38-27-12-4-5-13-27/h6-11,14-17,19,23,27H,4-5,12-13,18,20H2,1-3H3,(H,32,36)/t23-/m0/s1. The number of carbonyl (C=O) groups excluding carboxylic acids is 2. The van der Waals surface area contributed by atoms with Crippen LogP contribution < -0.4 is 24.6 Å². The summed E-state index contributed by atoms with van der Waals surface area (Å²) in [4.78, 5) is 29.7. The Bertz CT molecular complexity index is 1320. The van der Waals surface area contributed by atoms with E-state index < -0.39 is 0 Å². The number of ether oxygens (including phenoxy) is 2. The van der Waals surface area contributed by atoms with Crippen molar-refractivity contribution in [3.63, 3.8) is 0 Å². The number of nitrogens with zero attached hydrogens (tertiary/aromatic N) is 2. The van der Waals surface area contributed by atoms with E-state index in [0.717, 1.165) is 41.3 Å². The second kappa shape index (κ2) is 11.2. The van der Waals surface area contributed by atoms with Gasteiger partial charge in [-0.2, -0.15) is 0 Å². The zero-order valence-electron chi connectivity index (χ0n) is 22.3. The number of benzene rings is 3. The van der Waals surface area contributed by atoms with Crippen molar-refractivity contribution >= 4 is 28.9 Å². The molecular weight excluding hydrogens is 478 g/mol. The summed E-state index contributed by atoms with van der Waals surface area (Å²) < 4.78 is 11.8. The summed E-state index contributed by atoms with van der Waals surface area (Å²) in [6.07, 6.45) is 5.17. The molecule has 1 saturated carbocycles. The summed E-state index contributed by atoms with van der Waals surface area (Å²) in [5.74, 6) is 1.40. The highest BCUT2D eigenvalue weighted by Gasteiger charge is 2.32. The topological polar surface area (TPSA) is 71.1 Å². The minimum atomic E-state index is -0.190. The first kappa shape index (κ1) is 25.6. The van der Waals surface area contributed by atoms with E-state index in [-0.39, 0.29) is 23.8 Å². The van der Waals surface area contributed by atoms with E-state index in [1.165, 1.54) is 12.8 Å². The van der Waals surface area contributed by atoms with E-state index in [2.05, 4.69) is 5.32 Å². The molecule has 1 aliphatic carbocycles. The van der Waals surface area contributed by atoms with E-state index in [4.69, 9.17) is 9.47 Å². The van der Waals surface area contributed by atoms with Gasteiger partial charge in [-0.05, 0) is 79.8 Å². The quantitative estimate of drug-likeness (QED) is 0.409. The van der Waals surface area contributed by atoms with Gasteiger partial charge in [0.15, 0.2) is 11.5 Å². The first-order chi connectivity index (χ1) is 18.4. The van der Waals surface area contributed by atoms with E-state index in [0.29, 0.717) is 24.2 Å². The SMILES string of the molecule is COc1ccc([C@H]2CC(=O)N(c3cccc(NC(=O)c4cccc(N(C)C)c4)c3)C2)cc1OC1CCCC1. The largest absolute Gasteiger partial charge is 0.493 e. The van der Waals surface area contributed by atoms with Crippen LogP contribution in [0.25, 0.3) is 0 Å². The van der Waals surface area contributed by atoms with Gasteiger partial charge in [-0.25, -0.2) is 0 Å². The number of hydrogen-bond donors (Lipinski definition) is 1. The molecule has 198 valence electrons. The summed E-state index contributed by atoms with van der Waals surface area (Å²) in [6.45, 7) is 0.566. The number of methoxy groups -OCH3 is 1. The highest BCUT2D eigenvalue weighted by Crippen LogP contribution is 2.38. The van der Waals surface area contributed by atoms with E-state index in [1.807, 2.05) is 79.7 Å². The summed E-state index contributed by atoms with van der Waals surface area (Å²) in [7, 11) is 5.54. The molecular formula is C31H35N3O4. The van der Waals surface area contributed by atoms with Gasteiger partial charge in [0.05, 0.1) is 13.2 Å². The molecule has 7 nitrogen and oxygen atoms in total. The van der Waals surface area contributed by atoms with Gasteiger partial charge in [-0.3, -0.25) is 9.59 Å². The van der Waals surface area contributed by atoms with E-state index >= 15 is 0 Å². The summed E-state index contributed by atoms with van der Waals surface area (Å²) in [6, 6.07) is 20.9. The van der Waals surface area contributed by atoms with Crippen LogP contribution in [-0.4, -0.2) is 45.7 Å². The molecule has 3 aromatic carbocycles. The van der Waals surface area contributed by atoms with Crippen LogP contribution in [0.3, 0.4) is 0 Å². The molecule has 0 spiro atoms. The Morgan fingerprint density at radius 1 is 0.974 bits per heavy atom. The van der Waals surface area contributed by atoms with Gasteiger partial charge >= 0.3 is 0 Å². The van der Waals surface area contributed by atoms with Gasteiger partial charge in [-0.1, -0.05) is 18.2 Å². The Balaban J connectivity index is 1.30. The van der Waals surface area contributed by atoms with Gasteiger partial charge in [0, 0.05) is 55.6 Å². The maximum atomic E-state index is 13.1. The number of rotatable bonds is 8. The van der Waals surface area contributed by atoms with Crippen LogP contribution in [0, 0.1) is 0 Å². The van der Waals surface area contributed by atoms with Crippen molar-refractivity contribution in [2.45, 2.75) is 44.1 Å². The summed E-state index contributed by atoms with van der Waals surface area (Å²) in [5, 5.41) is 2.97. The molecule has 1 N–H and O–H groups in total. The molecule has 0 bridgehead atoms. The molecule has 1 atom stereocenters. The minimum Gasteiger partial charge on any atom is -0.493 e. The van der Waals surface area contributed by atoms with Gasteiger partial charge in [-0.15, -0.1) is 0 Å². The lowest BCUT2D eigenvalue weighted by atomic mass is 9.98. The van der Waals surface area contributed by atoms with Crippen LogP contribution >= 0.6 is 0 Å². The van der Waals surface area contributed by atoms with Crippen molar-refractivity contribution in [2.75, 3.05) is 42.9 Å². The van der Waals surface area contributed by atoms with Crippen molar-refractivity contribution in [3.8, 4) is 11.5 Å². The third-order valence-corrected chi connectivity index (χ3v) is 7.42. The third kappa shape index (κ3) is 5.62. The fourth-order valence-electron chi connectivity index (χ4n) is 5.29. The smallest absolute Gasteiger partial charge is 0.255 e. The van der Waals surface area contributed by atoms with Gasteiger partial charge in [0.1, 0.15) is 0 Å². The van der Waals surface area contributed by atoms with Crippen LogP contribution in [0.2, 0.25) is 0 Å². The predicted molar refractivity (Wildman–Crippen MR) is 151 cm³/mol. The average Bonchev–Trinajstić information content (AvgIpc) is 3.58. The van der Waals surface area contributed by atoms with Crippen LogP contribution in [-0.2, 0) is 4.79 Å². The van der Waals surface area contributed by atoms with Crippen molar-refractivity contribution in [2.24, 2.45) is 0 Å². The molecule has 1 heterocycles. The molecule has 3 aromatic rings. The lowest BCUT2D eigenvalue weighted by Gasteiger charge is -2.20. The number of carbonyl (C=O) groups is 2. The molecule has 2 fully saturated rings. The molecule has 2 amide bonds. The fraction of sp³-hybridized carbons (Fsp3) is 0.355. The Morgan fingerprint density at radius 2 is 1.76 bits per heavy atom. The van der Waals surface area contributed by atoms with Crippen molar-refractivity contribution in [1.82, 2.24) is 0 Å². The number of amides is 2. The van der Waals surface area contributed by atoms with Gasteiger partial charge < -0.3 is 24.6 Å². The van der Waals surface area contributed by atoms with E-state index in [1.54, 1.807) is 18.1 Å². The highest BCUT2D eigenvalue weighted by atomic mass is 16.5. The molecule has 38 heavy (non-hydrogen) atoms. The van der Waals surface area contributed by atoms with Crippen LogP contribution in [0.5, 0.6) is 11.5 Å². The van der Waals surface area contributed by atoms with Gasteiger partial charge in [0.2, 0.25) is 5.91 Å². The normalized spacial score (nSPS) is 17.5. The zero-order valence-corrected chi connectivity index (χ0v) is 22.3. The maximum absolute atomic E-state index is 13.1. The maximum Gasteiger partial charge on any atom is 0.255 e. The number of anilines is 3. The minimum absolute atomic E-state index is 0.0476. The van der Waals surface area contributed by atoms with Gasteiger partial charge in [0.25, 0.3) is 5.91 Å². The Morgan fingerprint density at radius 3 is 2.53 bits per heavy atom. The second-order valence-electron chi connectivity index (χ2n) is 10.3. The molecule has 0 unspecified atom stereocenters. The Labute approximate surface area is 224 Å². The number of nitrogens with one attached hydrogen (secondary N) is 1. The first-order valence-electron chi connectivity index (χ1n) is 13.2. The first-order valence-corrected chi connectivity index (χ1v) is 13.2. The summed E-state index contributed by atoms with van der Waals surface area (Å²) >= 11 is 0. The number of hydrogen-bond acceptors (Lipinski definition) is 5. The van der Waals surface area contributed by atoms with Crippen LogP contribution in [0.15, 0.2) is 66.7 Å². The molecule has 5 rings (SSSR count). The highest BCUT2D eigenvalue weighted by molar-refractivity contribution is 6.05. The molecule has 1 aliphatic heterocycles. The monoisotopic (exact) mass is 513 g/mol. The average molecular weight is 514 g/mol. The summed E-state index contributed by atoms with van der Waals surface area (Å²) in [5.41, 5.74) is 4.02. The lowest BCUT2D eigenvalue weighted by molar-refractivity contribution is -0.117. The second-order valence-corrected chi connectivity index (χ2v) is 10.3. The Kier molecular flexibility index (Phi) is 7.54. The Hall–Kier alpha value is -4.00. The fourth-order valence-corrected chi connectivity index (χ4v) is 5.29. The van der Waals surface area contributed by atoms with Crippen molar-refractivity contribution in [3.05, 3.63) is 77.9 Å². The lowest BCUT2D eigenvalue weighted by Crippen LogP contribution is -2.24. The molecule has 0 aromatic heterocycles. The molecule has 2 aliphatic rings. The van der Waals surface area contributed by atoms with Crippen molar-refractivity contribution < 1.29 is 19.1 Å². The molecule has 7 heteroatoms. The van der Waals surface area contributed by atoms with Crippen LogP contribution in [0.4, 0.5) is 17.1 Å².